The first-order chi connectivity index (χ1) is 6.75. The second-order valence-electron chi connectivity index (χ2n) is 2.83. The van der Waals surface area contributed by atoms with Crippen LogP contribution in [0, 0.1) is 0 Å². The number of carboxylic acid groups (broad SMARTS) is 1. The molecule has 0 saturated heterocycles. The van der Waals surface area contributed by atoms with Gasteiger partial charge in [-0.05, 0) is 18.4 Å². The Morgan fingerprint density at radius 3 is 3.21 bits per heavy atom. The summed E-state index contributed by atoms with van der Waals surface area (Å²) >= 11 is 0. The van der Waals surface area contributed by atoms with Crippen molar-refractivity contribution in [3.8, 4) is 0 Å². The van der Waals surface area contributed by atoms with Gasteiger partial charge in [0.1, 0.15) is 6.17 Å². The molecular formula is C9H14N2O3. The SMILES string of the molecule is COCCNC1NC=CC=C1C(=O)O. The van der Waals surface area contributed by atoms with Gasteiger partial charge in [-0.15, -0.1) is 0 Å². The number of carbonyl (C=O) groups is 1. The maximum Gasteiger partial charge on any atom is 0.335 e. The highest BCUT2D eigenvalue weighted by Crippen LogP contribution is 2.04. The van der Waals surface area contributed by atoms with Crippen molar-refractivity contribution in [2.45, 2.75) is 6.17 Å². The highest BCUT2D eigenvalue weighted by atomic mass is 16.5. The molecule has 1 unspecified atom stereocenters. The lowest BCUT2D eigenvalue weighted by atomic mass is 10.1. The summed E-state index contributed by atoms with van der Waals surface area (Å²) in [6.45, 7) is 1.15. The minimum absolute atomic E-state index is 0.309. The zero-order valence-corrected chi connectivity index (χ0v) is 7.99. The van der Waals surface area contributed by atoms with E-state index in [4.69, 9.17) is 9.84 Å². The van der Waals surface area contributed by atoms with E-state index in [0.29, 0.717) is 18.7 Å². The molecule has 1 aliphatic rings. The summed E-state index contributed by atoms with van der Waals surface area (Å²) in [6.07, 6.45) is 4.60. The lowest BCUT2D eigenvalue weighted by Gasteiger charge is -2.21. The van der Waals surface area contributed by atoms with Crippen molar-refractivity contribution in [1.82, 2.24) is 10.6 Å². The number of rotatable bonds is 5. The lowest BCUT2D eigenvalue weighted by Crippen LogP contribution is -2.45. The molecule has 0 aromatic heterocycles. The molecule has 78 valence electrons. The van der Waals surface area contributed by atoms with Crippen LogP contribution in [-0.4, -0.2) is 37.5 Å². The molecule has 5 nitrogen and oxygen atoms in total. The van der Waals surface area contributed by atoms with Crippen LogP contribution in [0.25, 0.3) is 0 Å². The first kappa shape index (κ1) is 10.7. The molecule has 5 heteroatoms. The zero-order valence-electron chi connectivity index (χ0n) is 7.99. The van der Waals surface area contributed by atoms with Crippen molar-refractivity contribution in [3.63, 3.8) is 0 Å². The summed E-state index contributed by atoms with van der Waals surface area (Å²) in [6, 6.07) is 0. The molecule has 0 spiro atoms. The zero-order chi connectivity index (χ0) is 10.4. The maximum absolute atomic E-state index is 10.8. The van der Waals surface area contributed by atoms with Gasteiger partial charge in [0, 0.05) is 13.7 Å². The number of aliphatic carboxylic acids is 1. The van der Waals surface area contributed by atoms with Gasteiger partial charge in [0.05, 0.1) is 12.2 Å². The Kier molecular flexibility index (Phi) is 4.15. The van der Waals surface area contributed by atoms with Crippen molar-refractivity contribution >= 4 is 5.97 Å². The van der Waals surface area contributed by atoms with Crippen LogP contribution < -0.4 is 10.6 Å². The monoisotopic (exact) mass is 198 g/mol. The van der Waals surface area contributed by atoms with E-state index in [9.17, 15) is 4.79 Å². The van der Waals surface area contributed by atoms with E-state index in [1.54, 1.807) is 25.5 Å². The van der Waals surface area contributed by atoms with Crippen molar-refractivity contribution in [2.24, 2.45) is 0 Å². The molecule has 0 aromatic rings. The average molecular weight is 198 g/mol. The topological polar surface area (TPSA) is 70.6 Å². The van der Waals surface area contributed by atoms with Crippen LogP contribution in [0.15, 0.2) is 23.9 Å². The summed E-state index contributed by atoms with van der Waals surface area (Å²) < 4.78 is 4.85. The number of nitrogens with one attached hydrogen (secondary N) is 2. The first-order valence-corrected chi connectivity index (χ1v) is 4.34. The molecule has 1 aliphatic heterocycles. The van der Waals surface area contributed by atoms with Crippen LogP contribution in [0.4, 0.5) is 0 Å². The van der Waals surface area contributed by atoms with Crippen molar-refractivity contribution < 1.29 is 14.6 Å². The quantitative estimate of drug-likeness (QED) is 0.528. The molecule has 0 saturated carbocycles. The molecule has 0 aliphatic carbocycles. The third-order valence-electron chi connectivity index (χ3n) is 1.85. The molecular weight excluding hydrogens is 184 g/mol. The first-order valence-electron chi connectivity index (χ1n) is 4.34. The fourth-order valence-corrected chi connectivity index (χ4v) is 1.16. The number of allylic oxidation sites excluding steroid dienone is 2. The predicted octanol–water partition coefficient (Wildman–Crippen LogP) is -0.324. The Morgan fingerprint density at radius 2 is 2.57 bits per heavy atom. The van der Waals surface area contributed by atoms with E-state index in [2.05, 4.69) is 10.6 Å². The Morgan fingerprint density at radius 1 is 1.79 bits per heavy atom. The molecule has 3 N–H and O–H groups in total. The average Bonchev–Trinajstić information content (AvgIpc) is 2.19. The summed E-state index contributed by atoms with van der Waals surface area (Å²) in [4.78, 5) is 10.8. The largest absolute Gasteiger partial charge is 0.478 e. The van der Waals surface area contributed by atoms with Crippen LogP contribution in [0.5, 0.6) is 0 Å². The van der Waals surface area contributed by atoms with Gasteiger partial charge in [-0.3, -0.25) is 5.32 Å². The lowest BCUT2D eigenvalue weighted by molar-refractivity contribution is -0.133. The Labute approximate surface area is 82.4 Å². The molecule has 0 aromatic carbocycles. The molecule has 0 fully saturated rings. The van der Waals surface area contributed by atoms with Crippen LogP contribution >= 0.6 is 0 Å². The highest BCUT2D eigenvalue weighted by molar-refractivity contribution is 5.88. The van der Waals surface area contributed by atoms with Gasteiger partial charge in [0.2, 0.25) is 0 Å². The number of hydrogen-bond donors (Lipinski definition) is 3. The molecule has 1 rings (SSSR count). The van der Waals surface area contributed by atoms with Gasteiger partial charge in [-0.1, -0.05) is 0 Å². The number of hydrogen-bond acceptors (Lipinski definition) is 4. The number of dihydropyridines is 1. The van der Waals surface area contributed by atoms with Crippen molar-refractivity contribution in [3.05, 3.63) is 23.9 Å². The predicted molar refractivity (Wildman–Crippen MR) is 51.7 cm³/mol. The fourth-order valence-electron chi connectivity index (χ4n) is 1.16. The molecule has 14 heavy (non-hydrogen) atoms. The van der Waals surface area contributed by atoms with Crippen LogP contribution in [-0.2, 0) is 9.53 Å². The molecule has 0 bridgehead atoms. The maximum atomic E-state index is 10.8. The summed E-state index contributed by atoms with van der Waals surface area (Å²) in [5.74, 6) is -0.920. The van der Waals surface area contributed by atoms with E-state index in [1.165, 1.54) is 0 Å². The van der Waals surface area contributed by atoms with Crippen LogP contribution in [0.2, 0.25) is 0 Å². The fraction of sp³-hybridized carbons (Fsp3) is 0.444. The second kappa shape index (κ2) is 5.41. The Balaban J connectivity index is 2.47. The summed E-state index contributed by atoms with van der Waals surface area (Å²) in [7, 11) is 1.60. The van der Waals surface area contributed by atoms with Gasteiger partial charge >= 0.3 is 5.97 Å². The van der Waals surface area contributed by atoms with E-state index in [0.717, 1.165) is 0 Å². The van der Waals surface area contributed by atoms with Crippen LogP contribution in [0.1, 0.15) is 0 Å². The highest BCUT2D eigenvalue weighted by Gasteiger charge is 2.19. The number of methoxy groups -OCH3 is 1. The van der Waals surface area contributed by atoms with Crippen molar-refractivity contribution in [2.75, 3.05) is 20.3 Å². The minimum atomic E-state index is -0.920. The van der Waals surface area contributed by atoms with Crippen LogP contribution in [0.3, 0.4) is 0 Å². The minimum Gasteiger partial charge on any atom is -0.478 e. The number of ether oxygens (including phenoxy) is 1. The van der Waals surface area contributed by atoms with Crippen molar-refractivity contribution in [1.29, 1.82) is 0 Å². The molecule has 0 amide bonds. The smallest absolute Gasteiger partial charge is 0.335 e. The van der Waals surface area contributed by atoms with Gasteiger partial charge < -0.3 is 15.2 Å². The number of carboxylic acids is 1. The summed E-state index contributed by atoms with van der Waals surface area (Å²) in [5, 5.41) is 14.8. The third kappa shape index (κ3) is 2.86. The Hall–Kier alpha value is -1.33. The molecule has 1 heterocycles. The van der Waals surface area contributed by atoms with E-state index in [-0.39, 0.29) is 6.17 Å². The second-order valence-corrected chi connectivity index (χ2v) is 2.83. The van der Waals surface area contributed by atoms with Gasteiger partial charge in [0.15, 0.2) is 0 Å². The van der Waals surface area contributed by atoms with E-state index >= 15 is 0 Å². The van der Waals surface area contributed by atoms with E-state index < -0.39 is 5.97 Å². The third-order valence-corrected chi connectivity index (χ3v) is 1.85. The van der Waals surface area contributed by atoms with E-state index in [1.807, 2.05) is 0 Å². The van der Waals surface area contributed by atoms with Gasteiger partial charge in [-0.25, -0.2) is 4.79 Å². The normalized spacial score (nSPS) is 20.1. The summed E-state index contributed by atoms with van der Waals surface area (Å²) in [5.41, 5.74) is 0.309. The van der Waals surface area contributed by atoms with Gasteiger partial charge in [0.25, 0.3) is 0 Å². The molecule has 0 radical (unpaired) electrons. The molecule has 1 atom stereocenters. The standard InChI is InChI=1S/C9H14N2O3/c1-14-6-5-11-8-7(9(12)13)3-2-4-10-8/h2-4,8,10-11H,5-6H2,1H3,(H,12,13). The van der Waals surface area contributed by atoms with Gasteiger partial charge in [-0.2, -0.15) is 0 Å². The Bertz CT molecular complexity index is 261.